The van der Waals surface area contributed by atoms with Crippen LogP contribution in [0.2, 0.25) is 0 Å². The van der Waals surface area contributed by atoms with Crippen LogP contribution in [0.3, 0.4) is 0 Å². The van der Waals surface area contributed by atoms with Crippen molar-refractivity contribution in [2.75, 3.05) is 17.6 Å². The summed E-state index contributed by atoms with van der Waals surface area (Å²) in [7, 11) is -2.90. The van der Waals surface area contributed by atoms with Gasteiger partial charge in [0, 0.05) is 23.3 Å². The second-order valence-electron chi connectivity index (χ2n) is 5.34. The largest absolute Gasteiger partial charge is 0.383 e. The van der Waals surface area contributed by atoms with E-state index in [9.17, 15) is 8.42 Å². The van der Waals surface area contributed by atoms with Gasteiger partial charge in [0.15, 0.2) is 9.84 Å². The van der Waals surface area contributed by atoms with E-state index in [2.05, 4.69) is 10.3 Å². The molecule has 3 rings (SSSR count). The van der Waals surface area contributed by atoms with Gasteiger partial charge < -0.3 is 5.32 Å². The molecule has 0 radical (unpaired) electrons. The molecule has 4 nitrogen and oxygen atoms in total. The molecule has 0 aliphatic carbocycles. The van der Waals surface area contributed by atoms with Crippen molar-refractivity contribution in [3.63, 3.8) is 0 Å². The van der Waals surface area contributed by atoms with Gasteiger partial charge in [-0.1, -0.05) is 18.2 Å². The standard InChI is InChI=1S/C15H18N2O2S/c1-11-9-15(13-6-2-3-7-14(13)17-11)16-10-12-5-4-8-20(12,18)19/h2-3,6-7,9,12H,4-5,8,10H2,1H3,(H,16,17). The van der Waals surface area contributed by atoms with E-state index < -0.39 is 9.84 Å². The highest BCUT2D eigenvalue weighted by atomic mass is 32.2. The van der Waals surface area contributed by atoms with Crippen LogP contribution in [0.25, 0.3) is 10.9 Å². The summed E-state index contributed by atoms with van der Waals surface area (Å²) < 4.78 is 23.7. The van der Waals surface area contributed by atoms with Crippen molar-refractivity contribution >= 4 is 26.4 Å². The van der Waals surface area contributed by atoms with E-state index in [0.717, 1.165) is 35.1 Å². The van der Waals surface area contributed by atoms with Gasteiger partial charge in [-0.05, 0) is 31.9 Å². The first-order valence-electron chi connectivity index (χ1n) is 6.88. The lowest BCUT2D eigenvalue weighted by atomic mass is 10.1. The average molecular weight is 290 g/mol. The first-order valence-corrected chi connectivity index (χ1v) is 8.60. The summed E-state index contributed by atoms with van der Waals surface area (Å²) in [5.74, 6) is 0.329. The molecule has 1 aliphatic heterocycles. The molecule has 1 aromatic heterocycles. The summed E-state index contributed by atoms with van der Waals surface area (Å²) in [5.41, 5.74) is 2.83. The van der Waals surface area contributed by atoms with Gasteiger partial charge in [-0.3, -0.25) is 4.98 Å². The molecule has 1 aliphatic rings. The summed E-state index contributed by atoms with van der Waals surface area (Å²) in [6, 6.07) is 9.88. The zero-order chi connectivity index (χ0) is 14.2. The van der Waals surface area contributed by atoms with E-state index in [4.69, 9.17) is 0 Å². The Morgan fingerprint density at radius 2 is 2.15 bits per heavy atom. The molecular formula is C15H18N2O2S. The topological polar surface area (TPSA) is 59.1 Å². The van der Waals surface area contributed by atoms with Crippen molar-refractivity contribution in [1.29, 1.82) is 0 Å². The minimum Gasteiger partial charge on any atom is -0.383 e. The number of anilines is 1. The molecule has 1 atom stereocenters. The van der Waals surface area contributed by atoms with Crippen LogP contribution in [0, 0.1) is 6.92 Å². The molecule has 1 aromatic carbocycles. The van der Waals surface area contributed by atoms with Gasteiger partial charge in [-0.15, -0.1) is 0 Å². The minimum absolute atomic E-state index is 0.255. The van der Waals surface area contributed by atoms with Crippen LogP contribution in [-0.2, 0) is 9.84 Å². The van der Waals surface area contributed by atoms with Crippen molar-refractivity contribution in [2.24, 2.45) is 0 Å². The Labute approximate surface area is 119 Å². The van der Waals surface area contributed by atoms with Crippen molar-refractivity contribution in [1.82, 2.24) is 4.98 Å². The molecule has 1 unspecified atom stereocenters. The first-order chi connectivity index (χ1) is 9.56. The number of benzene rings is 1. The van der Waals surface area contributed by atoms with E-state index in [1.165, 1.54) is 0 Å². The van der Waals surface area contributed by atoms with Gasteiger partial charge in [0.1, 0.15) is 0 Å². The third-order valence-corrected chi connectivity index (χ3v) is 6.10. The molecule has 0 amide bonds. The van der Waals surface area contributed by atoms with Crippen LogP contribution < -0.4 is 5.32 Å². The van der Waals surface area contributed by atoms with Crippen LogP contribution in [0.1, 0.15) is 18.5 Å². The third-order valence-electron chi connectivity index (χ3n) is 3.83. The van der Waals surface area contributed by atoms with Gasteiger partial charge in [-0.2, -0.15) is 0 Å². The number of aryl methyl sites for hydroxylation is 1. The maximum absolute atomic E-state index is 11.9. The molecule has 5 heteroatoms. The number of fused-ring (bicyclic) bond motifs is 1. The SMILES string of the molecule is Cc1cc(NCC2CCCS2(=O)=O)c2ccccc2n1. The van der Waals surface area contributed by atoms with E-state index in [-0.39, 0.29) is 5.25 Å². The number of nitrogens with zero attached hydrogens (tertiary/aromatic N) is 1. The fraction of sp³-hybridized carbons (Fsp3) is 0.400. The quantitative estimate of drug-likeness (QED) is 0.943. The van der Waals surface area contributed by atoms with Crippen LogP contribution in [0.4, 0.5) is 5.69 Å². The lowest BCUT2D eigenvalue weighted by Gasteiger charge is -2.14. The Hall–Kier alpha value is -1.62. The van der Waals surface area contributed by atoms with Crippen LogP contribution in [-0.4, -0.2) is 30.9 Å². The van der Waals surface area contributed by atoms with E-state index in [1.54, 1.807) is 0 Å². The smallest absolute Gasteiger partial charge is 0.154 e. The van der Waals surface area contributed by atoms with Gasteiger partial charge >= 0.3 is 0 Å². The monoisotopic (exact) mass is 290 g/mol. The number of hydrogen-bond donors (Lipinski definition) is 1. The molecule has 20 heavy (non-hydrogen) atoms. The van der Waals surface area contributed by atoms with Gasteiger partial charge in [0.25, 0.3) is 0 Å². The fourth-order valence-corrected chi connectivity index (χ4v) is 4.53. The molecule has 0 spiro atoms. The number of aromatic nitrogens is 1. The normalized spacial score (nSPS) is 21.1. The highest BCUT2D eigenvalue weighted by molar-refractivity contribution is 7.92. The number of sulfone groups is 1. The van der Waals surface area contributed by atoms with Gasteiger partial charge in [0.2, 0.25) is 0 Å². The number of nitrogens with one attached hydrogen (secondary N) is 1. The molecule has 106 valence electrons. The lowest BCUT2D eigenvalue weighted by Crippen LogP contribution is -2.25. The molecule has 1 saturated heterocycles. The Morgan fingerprint density at radius 3 is 2.90 bits per heavy atom. The third kappa shape index (κ3) is 2.50. The maximum Gasteiger partial charge on any atom is 0.154 e. The van der Waals surface area contributed by atoms with E-state index in [1.807, 2.05) is 37.3 Å². The average Bonchev–Trinajstić information content (AvgIpc) is 2.74. The molecule has 0 saturated carbocycles. The molecular weight excluding hydrogens is 272 g/mol. The molecule has 1 fully saturated rings. The van der Waals surface area contributed by atoms with Crippen molar-refractivity contribution in [2.45, 2.75) is 25.0 Å². The molecule has 2 aromatic rings. The number of para-hydroxylation sites is 1. The second kappa shape index (κ2) is 5.05. The summed E-state index contributed by atoms with van der Waals surface area (Å²) in [6.45, 7) is 2.43. The van der Waals surface area contributed by atoms with Crippen molar-refractivity contribution in [3.05, 3.63) is 36.0 Å². The molecule has 1 N–H and O–H groups in total. The summed E-state index contributed by atoms with van der Waals surface area (Å²) in [4.78, 5) is 4.49. The van der Waals surface area contributed by atoms with Gasteiger partial charge in [-0.25, -0.2) is 8.42 Å². The number of rotatable bonds is 3. The first kappa shape index (κ1) is 13.4. The second-order valence-corrected chi connectivity index (χ2v) is 7.74. The summed E-state index contributed by atoms with van der Waals surface area (Å²) in [6.07, 6.45) is 1.54. The molecule has 0 bridgehead atoms. The van der Waals surface area contributed by atoms with Gasteiger partial charge in [0.05, 0.1) is 16.5 Å². The lowest BCUT2D eigenvalue weighted by molar-refractivity contribution is 0.591. The van der Waals surface area contributed by atoms with Crippen molar-refractivity contribution in [3.8, 4) is 0 Å². The zero-order valence-electron chi connectivity index (χ0n) is 11.5. The summed E-state index contributed by atoms with van der Waals surface area (Å²) >= 11 is 0. The Morgan fingerprint density at radius 1 is 1.35 bits per heavy atom. The van der Waals surface area contributed by atoms with Crippen LogP contribution in [0.15, 0.2) is 30.3 Å². The summed E-state index contributed by atoms with van der Waals surface area (Å²) in [5, 5.41) is 4.09. The van der Waals surface area contributed by atoms with Crippen molar-refractivity contribution < 1.29 is 8.42 Å². The van der Waals surface area contributed by atoms with E-state index >= 15 is 0 Å². The van der Waals surface area contributed by atoms with E-state index in [0.29, 0.717) is 12.3 Å². The van der Waals surface area contributed by atoms with Crippen LogP contribution >= 0.6 is 0 Å². The maximum atomic E-state index is 11.9. The molecule has 2 heterocycles. The predicted octanol–water partition coefficient (Wildman–Crippen LogP) is 2.53. The number of hydrogen-bond acceptors (Lipinski definition) is 4. The minimum atomic E-state index is -2.90. The Balaban J connectivity index is 1.88. The highest BCUT2D eigenvalue weighted by Gasteiger charge is 2.30. The highest BCUT2D eigenvalue weighted by Crippen LogP contribution is 2.25. The fourth-order valence-electron chi connectivity index (χ4n) is 2.77. The Kier molecular flexibility index (Phi) is 3.38. The predicted molar refractivity (Wildman–Crippen MR) is 81.8 cm³/mol. The number of pyridine rings is 1. The van der Waals surface area contributed by atoms with Crippen LogP contribution in [0.5, 0.6) is 0 Å². The zero-order valence-corrected chi connectivity index (χ0v) is 12.3. The Bertz CT molecular complexity index is 741.